The lowest BCUT2D eigenvalue weighted by Crippen LogP contribution is -2.13. The Morgan fingerprint density at radius 1 is 1.00 bits per heavy atom. The summed E-state index contributed by atoms with van der Waals surface area (Å²) in [4.78, 5) is 1.19. The third-order valence-electron chi connectivity index (χ3n) is 3.05. The van der Waals surface area contributed by atoms with Gasteiger partial charge in [0.15, 0.2) is 0 Å². The summed E-state index contributed by atoms with van der Waals surface area (Å²) in [5, 5.41) is 3.37. The maximum absolute atomic E-state index is 5.92. The van der Waals surface area contributed by atoms with Gasteiger partial charge in [0.05, 0.1) is 31.2 Å². The van der Waals surface area contributed by atoms with Gasteiger partial charge in [-0.3, -0.25) is 0 Å². The number of ether oxygens (including phenoxy) is 3. The average Bonchev–Trinajstić information content (AvgIpc) is 2.92. The van der Waals surface area contributed by atoms with Gasteiger partial charge >= 0.3 is 0 Å². The van der Waals surface area contributed by atoms with E-state index in [9.17, 15) is 0 Å². The van der Waals surface area contributed by atoms with Crippen LogP contribution in [0.25, 0.3) is 0 Å². The van der Waals surface area contributed by atoms with Crippen molar-refractivity contribution in [2.75, 3.05) is 21.3 Å². The molecule has 1 aromatic carbocycles. The minimum atomic E-state index is 0.631. The van der Waals surface area contributed by atoms with E-state index < -0.39 is 0 Å². The van der Waals surface area contributed by atoms with Crippen LogP contribution < -0.4 is 19.5 Å². The third kappa shape index (κ3) is 4.03. The fourth-order valence-corrected chi connectivity index (χ4v) is 3.07. The van der Waals surface area contributed by atoms with Crippen LogP contribution in [-0.4, -0.2) is 21.3 Å². The van der Waals surface area contributed by atoms with E-state index in [4.69, 9.17) is 25.8 Å². The first-order valence-corrected chi connectivity index (χ1v) is 7.61. The Kier molecular flexibility index (Phi) is 5.73. The number of benzene rings is 1. The Labute approximate surface area is 133 Å². The van der Waals surface area contributed by atoms with Crippen molar-refractivity contribution in [3.8, 4) is 17.2 Å². The maximum atomic E-state index is 5.92. The molecule has 0 unspecified atom stereocenters. The number of rotatable bonds is 7. The van der Waals surface area contributed by atoms with E-state index in [2.05, 4.69) is 5.32 Å². The van der Waals surface area contributed by atoms with Crippen LogP contribution >= 0.6 is 22.9 Å². The molecule has 1 heterocycles. The molecule has 6 heteroatoms. The second-order valence-electron chi connectivity index (χ2n) is 4.32. The van der Waals surface area contributed by atoms with Crippen molar-refractivity contribution in [1.29, 1.82) is 0 Å². The van der Waals surface area contributed by atoms with Crippen LogP contribution in [0.2, 0.25) is 4.34 Å². The smallest absolute Gasteiger partial charge is 0.130 e. The lowest BCUT2D eigenvalue weighted by atomic mass is 10.1. The van der Waals surface area contributed by atoms with E-state index in [0.717, 1.165) is 27.9 Å². The second-order valence-corrected chi connectivity index (χ2v) is 6.12. The minimum absolute atomic E-state index is 0.631. The molecule has 114 valence electrons. The van der Waals surface area contributed by atoms with Gasteiger partial charge in [-0.15, -0.1) is 11.3 Å². The number of thiophene rings is 1. The highest BCUT2D eigenvalue weighted by Crippen LogP contribution is 2.34. The van der Waals surface area contributed by atoms with Crippen molar-refractivity contribution < 1.29 is 14.2 Å². The van der Waals surface area contributed by atoms with E-state index in [-0.39, 0.29) is 0 Å². The first-order chi connectivity index (χ1) is 10.2. The van der Waals surface area contributed by atoms with Crippen molar-refractivity contribution in [2.24, 2.45) is 0 Å². The molecule has 2 rings (SSSR count). The topological polar surface area (TPSA) is 39.7 Å². The first kappa shape index (κ1) is 15.9. The summed E-state index contributed by atoms with van der Waals surface area (Å²) < 4.78 is 16.9. The molecule has 4 nitrogen and oxygen atoms in total. The fourth-order valence-electron chi connectivity index (χ4n) is 2.01. The maximum Gasteiger partial charge on any atom is 0.130 e. The SMILES string of the molecule is COc1cc(OC)c(CNCc2ccc(Cl)s2)c(OC)c1. The van der Waals surface area contributed by atoms with Crippen LogP contribution in [0, 0.1) is 0 Å². The van der Waals surface area contributed by atoms with E-state index in [1.54, 1.807) is 32.7 Å². The molecule has 0 radical (unpaired) electrons. The van der Waals surface area contributed by atoms with Crippen LogP contribution in [0.1, 0.15) is 10.4 Å². The van der Waals surface area contributed by atoms with E-state index in [1.165, 1.54) is 4.88 Å². The normalized spacial score (nSPS) is 10.5. The van der Waals surface area contributed by atoms with Gasteiger partial charge in [-0.25, -0.2) is 0 Å². The Balaban J connectivity index is 2.10. The molecule has 0 aliphatic carbocycles. The van der Waals surface area contributed by atoms with Crippen molar-refractivity contribution in [3.05, 3.63) is 39.0 Å². The lowest BCUT2D eigenvalue weighted by molar-refractivity contribution is 0.366. The van der Waals surface area contributed by atoms with Gasteiger partial charge in [0.25, 0.3) is 0 Å². The number of hydrogen-bond acceptors (Lipinski definition) is 5. The van der Waals surface area contributed by atoms with E-state index in [0.29, 0.717) is 12.3 Å². The van der Waals surface area contributed by atoms with Crippen molar-refractivity contribution in [3.63, 3.8) is 0 Å². The number of halogens is 1. The minimum Gasteiger partial charge on any atom is -0.496 e. The predicted molar refractivity (Wildman–Crippen MR) is 86.0 cm³/mol. The average molecular weight is 328 g/mol. The van der Waals surface area contributed by atoms with Crippen LogP contribution in [0.15, 0.2) is 24.3 Å². The molecule has 0 atom stereocenters. The molecule has 0 aliphatic heterocycles. The highest BCUT2D eigenvalue weighted by atomic mass is 35.5. The highest BCUT2D eigenvalue weighted by Gasteiger charge is 2.13. The summed E-state index contributed by atoms with van der Waals surface area (Å²) in [6.07, 6.45) is 0. The predicted octanol–water partition coefficient (Wildman–Crippen LogP) is 3.72. The summed E-state index contributed by atoms with van der Waals surface area (Å²) in [6.45, 7) is 1.38. The lowest BCUT2D eigenvalue weighted by Gasteiger charge is -2.15. The Morgan fingerprint density at radius 3 is 2.14 bits per heavy atom. The first-order valence-electron chi connectivity index (χ1n) is 6.41. The quantitative estimate of drug-likeness (QED) is 0.841. The zero-order chi connectivity index (χ0) is 15.2. The van der Waals surface area contributed by atoms with Crippen molar-refractivity contribution in [2.45, 2.75) is 13.1 Å². The Bertz CT molecular complexity index is 575. The summed E-state index contributed by atoms with van der Waals surface area (Å²) in [6, 6.07) is 7.61. The number of methoxy groups -OCH3 is 3. The summed E-state index contributed by atoms with van der Waals surface area (Å²) in [5.74, 6) is 2.18. The summed E-state index contributed by atoms with van der Waals surface area (Å²) in [5.41, 5.74) is 0.962. The largest absolute Gasteiger partial charge is 0.496 e. The summed E-state index contributed by atoms with van der Waals surface area (Å²) in [7, 11) is 4.89. The molecule has 0 saturated carbocycles. The molecular weight excluding hydrogens is 310 g/mol. The molecule has 0 fully saturated rings. The molecular formula is C15H18ClNO3S. The molecule has 0 bridgehead atoms. The van der Waals surface area contributed by atoms with Crippen LogP contribution in [0.3, 0.4) is 0 Å². The molecule has 2 aromatic rings. The van der Waals surface area contributed by atoms with Gasteiger partial charge in [0.2, 0.25) is 0 Å². The van der Waals surface area contributed by atoms with Crippen molar-refractivity contribution in [1.82, 2.24) is 5.32 Å². The van der Waals surface area contributed by atoms with Gasteiger partial charge in [-0.05, 0) is 12.1 Å². The zero-order valence-electron chi connectivity index (χ0n) is 12.2. The third-order valence-corrected chi connectivity index (χ3v) is 4.28. The Morgan fingerprint density at radius 2 is 1.67 bits per heavy atom. The van der Waals surface area contributed by atoms with Gasteiger partial charge in [0.1, 0.15) is 17.2 Å². The standard InChI is InChI=1S/C15H18ClNO3S/c1-18-10-6-13(19-2)12(14(7-10)20-3)9-17-8-11-4-5-15(16)21-11/h4-7,17H,8-9H2,1-3H3. The molecule has 0 saturated heterocycles. The highest BCUT2D eigenvalue weighted by molar-refractivity contribution is 7.16. The van der Waals surface area contributed by atoms with Gasteiger partial charge in [-0.2, -0.15) is 0 Å². The van der Waals surface area contributed by atoms with Crippen LogP contribution in [-0.2, 0) is 13.1 Å². The fraction of sp³-hybridized carbons (Fsp3) is 0.333. The molecule has 21 heavy (non-hydrogen) atoms. The number of nitrogens with one attached hydrogen (secondary N) is 1. The van der Waals surface area contributed by atoms with Crippen LogP contribution in [0.5, 0.6) is 17.2 Å². The molecule has 0 amide bonds. The molecule has 0 spiro atoms. The van der Waals surface area contributed by atoms with Crippen LogP contribution in [0.4, 0.5) is 0 Å². The van der Waals surface area contributed by atoms with E-state index >= 15 is 0 Å². The monoisotopic (exact) mass is 327 g/mol. The molecule has 1 aromatic heterocycles. The van der Waals surface area contributed by atoms with Gasteiger partial charge in [0, 0.05) is 30.1 Å². The second kappa shape index (κ2) is 7.54. The zero-order valence-corrected chi connectivity index (χ0v) is 13.8. The van der Waals surface area contributed by atoms with E-state index in [1.807, 2.05) is 24.3 Å². The molecule has 0 aliphatic rings. The Hall–Kier alpha value is -1.43. The number of hydrogen-bond donors (Lipinski definition) is 1. The van der Waals surface area contributed by atoms with Gasteiger partial charge in [-0.1, -0.05) is 11.6 Å². The summed E-state index contributed by atoms with van der Waals surface area (Å²) >= 11 is 7.49. The van der Waals surface area contributed by atoms with Gasteiger partial charge < -0.3 is 19.5 Å². The van der Waals surface area contributed by atoms with Crippen molar-refractivity contribution >= 4 is 22.9 Å². The molecule has 1 N–H and O–H groups in total.